The maximum atomic E-state index is 11.6. The van der Waals surface area contributed by atoms with Gasteiger partial charge in [-0.05, 0) is 26.2 Å². The van der Waals surface area contributed by atoms with E-state index in [0.717, 1.165) is 12.8 Å². The number of nitrogens with two attached hydrogens (primary N) is 1. The molecule has 2 amide bonds. The Hall–Kier alpha value is -1.85. The lowest BCUT2D eigenvalue weighted by Crippen LogP contribution is -2.44. The van der Waals surface area contributed by atoms with Crippen molar-refractivity contribution in [3.05, 3.63) is 12.7 Å². The Kier molecular flexibility index (Phi) is 9.12. The highest BCUT2D eigenvalue weighted by Crippen LogP contribution is 2.02. The standard InChI is InChI=1S/C13H22N2O4/c1-3-5-6-7-10(13(14)18)15-11(16)8-9-12(17)19-4-2/h3,10H,1,4-9H2,2H3,(H2,14,18)(H,15,16)/t10-/m1/s1. The summed E-state index contributed by atoms with van der Waals surface area (Å²) >= 11 is 0. The average molecular weight is 270 g/mol. The molecule has 0 fully saturated rings. The lowest BCUT2D eigenvalue weighted by atomic mass is 10.1. The van der Waals surface area contributed by atoms with E-state index in [1.54, 1.807) is 13.0 Å². The van der Waals surface area contributed by atoms with Crippen LogP contribution in [0.4, 0.5) is 0 Å². The highest BCUT2D eigenvalue weighted by molar-refractivity contribution is 5.87. The van der Waals surface area contributed by atoms with Crippen molar-refractivity contribution in [3.8, 4) is 0 Å². The Morgan fingerprint density at radius 3 is 2.58 bits per heavy atom. The number of allylic oxidation sites excluding steroid dienone is 1. The van der Waals surface area contributed by atoms with Crippen LogP contribution in [0.2, 0.25) is 0 Å². The fraction of sp³-hybridized carbons (Fsp3) is 0.615. The summed E-state index contributed by atoms with van der Waals surface area (Å²) in [6.07, 6.45) is 3.66. The van der Waals surface area contributed by atoms with Crippen molar-refractivity contribution in [2.24, 2.45) is 5.73 Å². The Labute approximate surface area is 113 Å². The van der Waals surface area contributed by atoms with Crippen LogP contribution in [-0.4, -0.2) is 30.4 Å². The van der Waals surface area contributed by atoms with Gasteiger partial charge >= 0.3 is 5.97 Å². The average Bonchev–Trinajstić information content (AvgIpc) is 2.35. The molecular weight excluding hydrogens is 248 g/mol. The summed E-state index contributed by atoms with van der Waals surface area (Å²) in [5, 5.41) is 2.52. The topological polar surface area (TPSA) is 98.5 Å². The fourth-order valence-electron chi connectivity index (χ4n) is 1.47. The number of hydrogen-bond acceptors (Lipinski definition) is 4. The first-order valence-electron chi connectivity index (χ1n) is 6.36. The molecule has 3 N–H and O–H groups in total. The number of unbranched alkanes of at least 4 members (excludes halogenated alkanes) is 1. The van der Waals surface area contributed by atoms with E-state index in [1.165, 1.54) is 0 Å². The molecule has 0 saturated heterocycles. The molecule has 0 aliphatic rings. The van der Waals surface area contributed by atoms with E-state index < -0.39 is 17.9 Å². The second-order valence-corrected chi connectivity index (χ2v) is 4.05. The predicted molar refractivity (Wildman–Crippen MR) is 71.0 cm³/mol. The molecule has 0 aliphatic heterocycles. The highest BCUT2D eigenvalue weighted by atomic mass is 16.5. The van der Waals surface area contributed by atoms with E-state index in [2.05, 4.69) is 11.9 Å². The number of ether oxygens (including phenoxy) is 1. The molecule has 0 aromatic heterocycles. The molecule has 1 atom stereocenters. The molecule has 0 radical (unpaired) electrons. The number of esters is 1. The normalized spacial score (nSPS) is 11.4. The molecule has 19 heavy (non-hydrogen) atoms. The molecule has 0 aliphatic carbocycles. The summed E-state index contributed by atoms with van der Waals surface area (Å²) in [5.74, 6) is -1.39. The van der Waals surface area contributed by atoms with Crippen LogP contribution in [0.5, 0.6) is 0 Å². The first kappa shape index (κ1) is 17.2. The zero-order chi connectivity index (χ0) is 14.7. The summed E-state index contributed by atoms with van der Waals surface area (Å²) in [6, 6.07) is -0.699. The van der Waals surface area contributed by atoms with Crippen LogP contribution in [0.25, 0.3) is 0 Å². The molecule has 0 heterocycles. The summed E-state index contributed by atoms with van der Waals surface area (Å²) < 4.78 is 4.70. The van der Waals surface area contributed by atoms with E-state index in [9.17, 15) is 14.4 Å². The van der Waals surface area contributed by atoms with Crippen molar-refractivity contribution >= 4 is 17.8 Å². The van der Waals surface area contributed by atoms with Gasteiger partial charge < -0.3 is 15.8 Å². The fourth-order valence-corrected chi connectivity index (χ4v) is 1.47. The maximum Gasteiger partial charge on any atom is 0.306 e. The largest absolute Gasteiger partial charge is 0.466 e. The number of primary amides is 1. The van der Waals surface area contributed by atoms with Crippen LogP contribution in [0.3, 0.4) is 0 Å². The van der Waals surface area contributed by atoms with Gasteiger partial charge in [-0.2, -0.15) is 0 Å². The van der Waals surface area contributed by atoms with Crippen LogP contribution in [-0.2, 0) is 19.1 Å². The second kappa shape index (κ2) is 10.1. The zero-order valence-corrected chi connectivity index (χ0v) is 11.3. The summed E-state index contributed by atoms with van der Waals surface area (Å²) in [5.41, 5.74) is 5.20. The molecule has 0 bridgehead atoms. The number of nitrogens with one attached hydrogen (secondary N) is 1. The van der Waals surface area contributed by atoms with Gasteiger partial charge in [-0.25, -0.2) is 0 Å². The van der Waals surface area contributed by atoms with Crippen molar-refractivity contribution in [2.45, 2.75) is 45.1 Å². The summed E-state index contributed by atoms with van der Waals surface area (Å²) in [7, 11) is 0. The first-order chi connectivity index (χ1) is 9.01. The lowest BCUT2D eigenvalue weighted by molar-refractivity contribution is -0.144. The van der Waals surface area contributed by atoms with Crippen molar-refractivity contribution in [1.82, 2.24) is 5.32 Å². The van der Waals surface area contributed by atoms with Gasteiger partial charge in [0.15, 0.2) is 0 Å². The Bertz CT molecular complexity index is 329. The van der Waals surface area contributed by atoms with Crippen LogP contribution in [0.1, 0.15) is 39.0 Å². The SMILES string of the molecule is C=CCCC[C@@H](NC(=O)CCC(=O)OCC)C(N)=O. The minimum absolute atomic E-state index is 0.00217. The zero-order valence-electron chi connectivity index (χ0n) is 11.3. The second-order valence-electron chi connectivity index (χ2n) is 4.05. The smallest absolute Gasteiger partial charge is 0.306 e. The molecule has 108 valence electrons. The molecule has 0 spiro atoms. The van der Waals surface area contributed by atoms with Crippen molar-refractivity contribution < 1.29 is 19.1 Å². The Balaban J connectivity index is 4.06. The van der Waals surface area contributed by atoms with Gasteiger partial charge in [-0.1, -0.05) is 6.08 Å². The van der Waals surface area contributed by atoms with Crippen LogP contribution < -0.4 is 11.1 Å². The van der Waals surface area contributed by atoms with Crippen LogP contribution in [0, 0.1) is 0 Å². The Morgan fingerprint density at radius 1 is 1.37 bits per heavy atom. The minimum atomic E-state index is -0.699. The quantitative estimate of drug-likeness (QED) is 0.346. The van der Waals surface area contributed by atoms with Crippen molar-refractivity contribution in [2.75, 3.05) is 6.61 Å². The van der Waals surface area contributed by atoms with Gasteiger partial charge in [-0.15, -0.1) is 6.58 Å². The molecule has 0 unspecified atom stereocenters. The molecule has 6 heteroatoms. The van der Waals surface area contributed by atoms with Crippen LogP contribution >= 0.6 is 0 Å². The molecule has 0 rings (SSSR count). The number of rotatable bonds is 10. The third-order valence-corrected chi connectivity index (χ3v) is 2.44. The predicted octanol–water partition coefficient (Wildman–Crippen LogP) is 0.656. The number of hydrogen-bond donors (Lipinski definition) is 2. The van der Waals surface area contributed by atoms with Gasteiger partial charge in [0.2, 0.25) is 11.8 Å². The van der Waals surface area contributed by atoms with Crippen molar-refractivity contribution in [3.63, 3.8) is 0 Å². The summed E-state index contributed by atoms with van der Waals surface area (Å²) in [6.45, 7) is 5.55. The third-order valence-electron chi connectivity index (χ3n) is 2.44. The Morgan fingerprint density at radius 2 is 2.05 bits per heavy atom. The molecule has 0 saturated carbocycles. The first-order valence-corrected chi connectivity index (χ1v) is 6.36. The van der Waals surface area contributed by atoms with E-state index >= 15 is 0 Å². The van der Waals surface area contributed by atoms with Gasteiger partial charge in [0.05, 0.1) is 13.0 Å². The number of carbonyl (C=O) groups is 3. The van der Waals surface area contributed by atoms with Gasteiger partial charge in [0.25, 0.3) is 0 Å². The molecule has 6 nitrogen and oxygen atoms in total. The molecule has 0 aromatic carbocycles. The van der Waals surface area contributed by atoms with Gasteiger partial charge in [0, 0.05) is 6.42 Å². The van der Waals surface area contributed by atoms with E-state index in [-0.39, 0.29) is 25.4 Å². The van der Waals surface area contributed by atoms with E-state index in [0.29, 0.717) is 6.42 Å². The monoisotopic (exact) mass is 270 g/mol. The van der Waals surface area contributed by atoms with E-state index in [1.807, 2.05) is 0 Å². The maximum absolute atomic E-state index is 11.6. The molecule has 0 aromatic rings. The molecular formula is C13H22N2O4. The highest BCUT2D eigenvalue weighted by Gasteiger charge is 2.17. The van der Waals surface area contributed by atoms with Gasteiger partial charge in [0.1, 0.15) is 6.04 Å². The van der Waals surface area contributed by atoms with Gasteiger partial charge in [-0.3, -0.25) is 14.4 Å². The lowest BCUT2D eigenvalue weighted by Gasteiger charge is -2.14. The number of carbonyl (C=O) groups excluding carboxylic acids is 3. The summed E-state index contributed by atoms with van der Waals surface area (Å²) in [4.78, 5) is 33.8. The van der Waals surface area contributed by atoms with E-state index in [4.69, 9.17) is 10.5 Å². The minimum Gasteiger partial charge on any atom is -0.466 e. The van der Waals surface area contributed by atoms with Crippen LogP contribution in [0.15, 0.2) is 12.7 Å². The third kappa shape index (κ3) is 8.82. The number of amides is 2. The van der Waals surface area contributed by atoms with Crippen molar-refractivity contribution in [1.29, 1.82) is 0 Å².